The molecule has 122 valence electrons. The van der Waals surface area contributed by atoms with Gasteiger partial charge in [0.15, 0.2) is 5.76 Å². The summed E-state index contributed by atoms with van der Waals surface area (Å²) in [5.74, 6) is 1.39. The first kappa shape index (κ1) is 15.6. The number of carbonyl (C=O) groups is 1. The highest BCUT2D eigenvalue weighted by molar-refractivity contribution is 5.91. The number of hydrogen-bond donors (Lipinski definition) is 1. The van der Waals surface area contributed by atoms with E-state index in [9.17, 15) is 4.79 Å². The fourth-order valence-electron chi connectivity index (χ4n) is 2.76. The predicted octanol–water partition coefficient (Wildman–Crippen LogP) is 3.62. The first-order valence-corrected chi connectivity index (χ1v) is 7.97. The minimum atomic E-state index is -0.216. The Morgan fingerprint density at radius 1 is 1.30 bits per heavy atom. The average Bonchev–Trinajstić information content (AvgIpc) is 3.25. The fourth-order valence-corrected chi connectivity index (χ4v) is 2.76. The van der Waals surface area contributed by atoms with Crippen molar-refractivity contribution in [1.82, 2.24) is 5.32 Å². The monoisotopic (exact) mass is 315 g/mol. The third-order valence-corrected chi connectivity index (χ3v) is 4.06. The minimum Gasteiger partial charge on any atom is -0.426 e. The van der Waals surface area contributed by atoms with E-state index in [-0.39, 0.29) is 17.7 Å². The molecule has 1 fully saturated rings. The van der Waals surface area contributed by atoms with Crippen molar-refractivity contribution in [2.75, 3.05) is 13.2 Å². The molecule has 0 aliphatic carbocycles. The summed E-state index contributed by atoms with van der Waals surface area (Å²) in [6.45, 7) is 3.54. The van der Waals surface area contributed by atoms with Crippen LogP contribution in [0, 0.1) is 5.92 Å². The van der Waals surface area contributed by atoms with Gasteiger partial charge < -0.3 is 19.2 Å². The first-order chi connectivity index (χ1) is 11.3. The molecule has 2 atom stereocenters. The Morgan fingerprint density at radius 3 is 2.83 bits per heavy atom. The topological polar surface area (TPSA) is 60.7 Å². The number of benzene rings is 1. The summed E-state index contributed by atoms with van der Waals surface area (Å²) in [6, 6.07) is 12.7. The van der Waals surface area contributed by atoms with Crippen LogP contribution in [0.4, 0.5) is 0 Å². The molecule has 2 aromatic rings. The fraction of sp³-hybridized carbons (Fsp3) is 0.389. The molecule has 3 rings (SSSR count). The molecule has 23 heavy (non-hydrogen) atoms. The molecule has 5 heteroatoms. The van der Waals surface area contributed by atoms with Crippen molar-refractivity contribution in [3.8, 4) is 11.7 Å². The number of ether oxygens (including phenoxy) is 2. The van der Waals surface area contributed by atoms with Crippen LogP contribution >= 0.6 is 0 Å². The normalized spacial score (nSPS) is 18.6. The zero-order valence-electron chi connectivity index (χ0n) is 13.2. The number of rotatable bonds is 6. The van der Waals surface area contributed by atoms with Crippen LogP contribution in [0.5, 0.6) is 11.7 Å². The number of amides is 1. The van der Waals surface area contributed by atoms with E-state index in [0.717, 1.165) is 19.4 Å². The Balaban J connectivity index is 1.61. The summed E-state index contributed by atoms with van der Waals surface area (Å²) in [5.41, 5.74) is 0. The van der Waals surface area contributed by atoms with E-state index in [0.29, 0.717) is 24.2 Å². The molecule has 0 spiro atoms. The van der Waals surface area contributed by atoms with E-state index in [1.54, 1.807) is 12.1 Å². The zero-order chi connectivity index (χ0) is 16.1. The molecule has 1 aliphatic rings. The SMILES string of the molecule is CCC(NC(=O)c1ccc(Oc2ccccc2)o1)C1CCOC1. The van der Waals surface area contributed by atoms with E-state index in [4.69, 9.17) is 13.9 Å². The Hall–Kier alpha value is -2.27. The summed E-state index contributed by atoms with van der Waals surface area (Å²) < 4.78 is 16.5. The molecule has 5 nitrogen and oxygen atoms in total. The van der Waals surface area contributed by atoms with Crippen LogP contribution in [-0.4, -0.2) is 25.2 Å². The van der Waals surface area contributed by atoms with Crippen LogP contribution in [0.25, 0.3) is 0 Å². The van der Waals surface area contributed by atoms with Gasteiger partial charge >= 0.3 is 0 Å². The van der Waals surface area contributed by atoms with Crippen molar-refractivity contribution in [2.45, 2.75) is 25.8 Å². The Morgan fingerprint density at radius 2 is 2.13 bits per heavy atom. The molecular formula is C18H21NO4. The van der Waals surface area contributed by atoms with Crippen LogP contribution in [0.2, 0.25) is 0 Å². The maximum absolute atomic E-state index is 12.3. The Kier molecular flexibility index (Phi) is 4.98. The second-order valence-electron chi connectivity index (χ2n) is 5.65. The van der Waals surface area contributed by atoms with Gasteiger partial charge in [0, 0.05) is 24.6 Å². The maximum atomic E-state index is 12.3. The van der Waals surface area contributed by atoms with Gasteiger partial charge in [-0.3, -0.25) is 4.79 Å². The molecule has 1 N–H and O–H groups in total. The lowest BCUT2D eigenvalue weighted by molar-refractivity contribution is 0.0881. The lowest BCUT2D eigenvalue weighted by Crippen LogP contribution is -2.40. The minimum absolute atomic E-state index is 0.105. The highest BCUT2D eigenvalue weighted by Gasteiger charge is 2.26. The van der Waals surface area contributed by atoms with E-state index in [1.165, 1.54) is 0 Å². The molecule has 1 amide bonds. The van der Waals surface area contributed by atoms with Crippen LogP contribution in [0.3, 0.4) is 0 Å². The lowest BCUT2D eigenvalue weighted by Gasteiger charge is -2.21. The van der Waals surface area contributed by atoms with Crippen LogP contribution in [0.15, 0.2) is 46.9 Å². The average molecular weight is 315 g/mol. The molecule has 1 saturated heterocycles. The van der Waals surface area contributed by atoms with Crippen molar-refractivity contribution in [3.05, 3.63) is 48.2 Å². The quantitative estimate of drug-likeness (QED) is 0.884. The van der Waals surface area contributed by atoms with Crippen molar-refractivity contribution >= 4 is 5.91 Å². The molecule has 0 bridgehead atoms. The largest absolute Gasteiger partial charge is 0.426 e. The summed E-state index contributed by atoms with van der Waals surface area (Å²) in [6.07, 6.45) is 1.85. The number of carbonyl (C=O) groups excluding carboxylic acids is 1. The van der Waals surface area contributed by atoms with Gasteiger partial charge in [0.05, 0.1) is 6.61 Å². The van der Waals surface area contributed by atoms with Gasteiger partial charge in [0.25, 0.3) is 11.9 Å². The predicted molar refractivity (Wildman–Crippen MR) is 85.7 cm³/mol. The molecular weight excluding hydrogens is 294 g/mol. The van der Waals surface area contributed by atoms with Crippen molar-refractivity contribution in [2.24, 2.45) is 5.92 Å². The summed E-state index contributed by atoms with van der Waals surface area (Å²) in [7, 11) is 0. The lowest BCUT2D eigenvalue weighted by atomic mass is 9.97. The first-order valence-electron chi connectivity index (χ1n) is 7.97. The molecule has 1 aromatic carbocycles. The third-order valence-electron chi connectivity index (χ3n) is 4.06. The Bertz CT molecular complexity index is 631. The van der Waals surface area contributed by atoms with E-state index < -0.39 is 0 Å². The summed E-state index contributed by atoms with van der Waals surface area (Å²) in [5, 5.41) is 3.03. The van der Waals surface area contributed by atoms with Crippen molar-refractivity contribution in [1.29, 1.82) is 0 Å². The smallest absolute Gasteiger partial charge is 0.290 e. The molecule has 2 heterocycles. The van der Waals surface area contributed by atoms with Gasteiger partial charge in [-0.05, 0) is 31.0 Å². The third kappa shape index (κ3) is 3.93. The highest BCUT2D eigenvalue weighted by atomic mass is 16.6. The van der Waals surface area contributed by atoms with E-state index >= 15 is 0 Å². The van der Waals surface area contributed by atoms with Crippen LogP contribution in [0.1, 0.15) is 30.3 Å². The molecule has 1 aliphatic heterocycles. The van der Waals surface area contributed by atoms with Crippen molar-refractivity contribution in [3.63, 3.8) is 0 Å². The van der Waals surface area contributed by atoms with Crippen LogP contribution < -0.4 is 10.1 Å². The number of nitrogens with one attached hydrogen (secondary N) is 1. The number of furan rings is 1. The standard InChI is InChI=1S/C18H21NO4/c1-2-15(13-10-11-21-12-13)19-18(20)16-8-9-17(23-16)22-14-6-4-3-5-7-14/h3-9,13,15H,2,10-12H2,1H3,(H,19,20). The summed E-state index contributed by atoms with van der Waals surface area (Å²) >= 11 is 0. The van der Waals surface area contributed by atoms with Crippen LogP contribution in [-0.2, 0) is 4.74 Å². The Labute approximate surface area is 135 Å². The second-order valence-corrected chi connectivity index (χ2v) is 5.65. The van der Waals surface area contributed by atoms with Gasteiger partial charge in [0.1, 0.15) is 5.75 Å². The number of hydrogen-bond acceptors (Lipinski definition) is 4. The molecule has 0 radical (unpaired) electrons. The number of para-hydroxylation sites is 1. The van der Waals surface area contributed by atoms with Gasteiger partial charge in [-0.2, -0.15) is 0 Å². The van der Waals surface area contributed by atoms with Gasteiger partial charge in [0.2, 0.25) is 0 Å². The van der Waals surface area contributed by atoms with Crippen molar-refractivity contribution < 1.29 is 18.7 Å². The van der Waals surface area contributed by atoms with Gasteiger partial charge in [-0.1, -0.05) is 25.1 Å². The summed E-state index contributed by atoms with van der Waals surface area (Å²) in [4.78, 5) is 12.3. The molecule has 0 saturated carbocycles. The molecule has 2 unspecified atom stereocenters. The molecule has 1 aromatic heterocycles. The van der Waals surface area contributed by atoms with Gasteiger partial charge in [-0.25, -0.2) is 0 Å². The second kappa shape index (κ2) is 7.33. The maximum Gasteiger partial charge on any atom is 0.290 e. The van der Waals surface area contributed by atoms with E-state index in [2.05, 4.69) is 12.2 Å². The van der Waals surface area contributed by atoms with E-state index in [1.807, 2.05) is 30.3 Å². The van der Waals surface area contributed by atoms with Gasteiger partial charge in [-0.15, -0.1) is 0 Å². The highest BCUT2D eigenvalue weighted by Crippen LogP contribution is 2.24. The zero-order valence-corrected chi connectivity index (χ0v) is 13.2.